The van der Waals surface area contributed by atoms with Gasteiger partial charge in [-0.2, -0.15) is 0 Å². The van der Waals surface area contributed by atoms with Gasteiger partial charge in [0.1, 0.15) is 0 Å². The number of hydrogen-bond donors (Lipinski definition) is 0. The van der Waals surface area contributed by atoms with E-state index in [0.29, 0.717) is 0 Å². The third-order valence-corrected chi connectivity index (χ3v) is 16.6. The maximum absolute atomic E-state index is 2.58. The molecule has 0 saturated carbocycles. The van der Waals surface area contributed by atoms with Gasteiger partial charge in [0.05, 0.1) is 22.7 Å². The van der Waals surface area contributed by atoms with Crippen LogP contribution in [0.5, 0.6) is 0 Å². The van der Waals surface area contributed by atoms with Crippen molar-refractivity contribution in [3.05, 3.63) is 193 Å². The van der Waals surface area contributed by atoms with Crippen LogP contribution in [-0.4, -0.2) is 6.71 Å². The number of rotatable bonds is 3. The summed E-state index contributed by atoms with van der Waals surface area (Å²) in [6.07, 6.45) is 0. The van der Waals surface area contributed by atoms with E-state index in [2.05, 4.69) is 253 Å². The Kier molecular flexibility index (Phi) is 9.79. The topological polar surface area (TPSA) is 9.72 Å². The number of anilines is 9. The van der Waals surface area contributed by atoms with E-state index in [9.17, 15) is 0 Å². The quantitative estimate of drug-likeness (QED) is 0.163. The number of fused-ring (bicyclic) bond motifs is 10. The molecule has 6 heteroatoms. The van der Waals surface area contributed by atoms with Crippen molar-refractivity contribution in [1.29, 1.82) is 0 Å². The molecule has 3 nitrogen and oxygen atoms in total. The molecular formula is C62H56BN3S2. The molecule has 0 unspecified atom stereocenters. The Morgan fingerprint density at radius 2 is 0.971 bits per heavy atom. The highest BCUT2D eigenvalue weighted by molar-refractivity contribution is 7.99. The number of benzene rings is 8. The van der Waals surface area contributed by atoms with Crippen LogP contribution in [-0.2, 0) is 16.2 Å². The molecule has 0 aliphatic carbocycles. The Morgan fingerprint density at radius 1 is 0.412 bits per heavy atom. The minimum atomic E-state index is -0.0189. The van der Waals surface area contributed by atoms with Crippen LogP contribution in [0.3, 0.4) is 0 Å². The van der Waals surface area contributed by atoms with E-state index in [0.717, 1.165) is 17.1 Å². The van der Waals surface area contributed by atoms with Crippen molar-refractivity contribution in [3.8, 4) is 11.1 Å². The molecule has 12 rings (SSSR count). The molecule has 0 N–H and O–H groups in total. The van der Waals surface area contributed by atoms with Gasteiger partial charge in [-0.05, 0) is 128 Å². The van der Waals surface area contributed by atoms with Gasteiger partial charge in [0, 0.05) is 58.7 Å². The minimum Gasteiger partial charge on any atom is -0.310 e. The van der Waals surface area contributed by atoms with Crippen LogP contribution in [0, 0.1) is 0 Å². The van der Waals surface area contributed by atoms with Crippen molar-refractivity contribution < 1.29 is 0 Å². The molecule has 0 atom stereocenters. The lowest BCUT2D eigenvalue weighted by molar-refractivity contribution is 0.590. The van der Waals surface area contributed by atoms with Gasteiger partial charge >= 0.3 is 0 Å². The SMILES string of the molecule is CC(C)(C)c1ccc(N2c3cccc4c3B(c3ccc5cc3N4c3ccccc3Sc3ccccc3N5c3ccc(C(C)(C)C)cc3-c3ccccc3)c3sc4cc(C(C)(C)C)ccc4c32)cc1. The third kappa shape index (κ3) is 6.85. The maximum Gasteiger partial charge on any atom is 0.264 e. The molecule has 0 saturated heterocycles. The molecule has 0 fully saturated rings. The summed E-state index contributed by atoms with van der Waals surface area (Å²) in [7, 11) is 0. The lowest BCUT2D eigenvalue weighted by Gasteiger charge is -2.44. The second-order valence-electron chi connectivity index (χ2n) is 21.9. The monoisotopic (exact) mass is 917 g/mol. The predicted molar refractivity (Wildman–Crippen MR) is 296 cm³/mol. The van der Waals surface area contributed by atoms with Crippen LogP contribution >= 0.6 is 23.1 Å². The second-order valence-corrected chi connectivity index (χ2v) is 24.0. The molecule has 4 heterocycles. The Balaban J connectivity index is 1.15. The zero-order valence-corrected chi connectivity index (χ0v) is 42.1. The van der Waals surface area contributed by atoms with Crippen LogP contribution in [0.2, 0.25) is 0 Å². The lowest BCUT2D eigenvalue weighted by atomic mass is 9.36. The van der Waals surface area contributed by atoms with Gasteiger partial charge < -0.3 is 14.7 Å². The van der Waals surface area contributed by atoms with Crippen molar-refractivity contribution in [1.82, 2.24) is 0 Å². The summed E-state index contributed by atoms with van der Waals surface area (Å²) in [5.41, 5.74) is 19.9. The van der Waals surface area contributed by atoms with Gasteiger partial charge in [0.2, 0.25) is 0 Å². The van der Waals surface area contributed by atoms with Crippen LogP contribution in [0.25, 0.3) is 21.2 Å². The van der Waals surface area contributed by atoms with E-state index in [1.165, 1.54) is 97.5 Å². The summed E-state index contributed by atoms with van der Waals surface area (Å²) in [5, 5.41) is 1.31. The van der Waals surface area contributed by atoms with E-state index in [1.54, 1.807) is 0 Å². The first-order valence-electron chi connectivity index (χ1n) is 24.0. The Morgan fingerprint density at radius 3 is 1.65 bits per heavy atom. The third-order valence-electron chi connectivity index (χ3n) is 14.3. The molecular weight excluding hydrogens is 862 g/mol. The van der Waals surface area contributed by atoms with Crippen LogP contribution in [0.15, 0.2) is 186 Å². The molecule has 334 valence electrons. The maximum atomic E-state index is 2.58. The van der Waals surface area contributed by atoms with Crippen LogP contribution < -0.4 is 30.4 Å². The van der Waals surface area contributed by atoms with Gasteiger partial charge in [-0.3, -0.25) is 0 Å². The molecule has 0 amide bonds. The standard InChI is InChI=1S/C62H56BN3S2/c1-60(2,3)40-26-30-43(31-27-40)65-51-22-17-23-52-57(51)63(59-58(65)45-33-28-42(62(7,8)9)37-56(45)68-59)47-34-32-44-38-53(47)66(52)50-21-14-16-25-55(50)67-54-24-15-13-20-49(54)64(44)48-35-29-41(61(4,5)6)36-46(48)39-18-11-10-12-19-39/h10-38H,1-9H3. The Hall–Kier alpha value is -6.47. The van der Waals surface area contributed by atoms with Crippen molar-refractivity contribution in [2.75, 3.05) is 14.7 Å². The fourth-order valence-corrected chi connectivity index (χ4v) is 13.1. The van der Waals surface area contributed by atoms with Crippen LogP contribution in [0.1, 0.15) is 79.0 Å². The van der Waals surface area contributed by atoms with E-state index in [-0.39, 0.29) is 23.0 Å². The zero-order chi connectivity index (χ0) is 46.9. The van der Waals surface area contributed by atoms with E-state index < -0.39 is 0 Å². The number of nitrogens with zero attached hydrogens (tertiary/aromatic N) is 3. The van der Waals surface area contributed by atoms with Gasteiger partial charge in [0.25, 0.3) is 6.71 Å². The zero-order valence-electron chi connectivity index (χ0n) is 40.5. The summed E-state index contributed by atoms with van der Waals surface area (Å²) < 4.78 is 2.72. The molecule has 2 bridgehead atoms. The Labute approximate surface area is 411 Å². The number of para-hydroxylation sites is 2. The van der Waals surface area contributed by atoms with Crippen molar-refractivity contribution in [3.63, 3.8) is 0 Å². The summed E-state index contributed by atoms with van der Waals surface area (Å²) in [4.78, 5) is 10.1. The molecule has 3 aliphatic heterocycles. The molecule has 3 aliphatic rings. The molecule has 0 spiro atoms. The van der Waals surface area contributed by atoms with Crippen molar-refractivity contribution >= 4 is 107 Å². The predicted octanol–water partition coefficient (Wildman–Crippen LogP) is 16.5. The molecule has 0 radical (unpaired) electrons. The largest absolute Gasteiger partial charge is 0.310 e. The minimum absolute atomic E-state index is 0.0189. The fourth-order valence-electron chi connectivity index (χ4n) is 10.7. The van der Waals surface area contributed by atoms with Gasteiger partial charge in [-0.15, -0.1) is 11.3 Å². The van der Waals surface area contributed by atoms with Gasteiger partial charge in [0.15, 0.2) is 0 Å². The summed E-state index contributed by atoms with van der Waals surface area (Å²) >= 11 is 3.84. The Bertz CT molecular complexity index is 3460. The van der Waals surface area contributed by atoms with Gasteiger partial charge in [-0.25, -0.2) is 0 Å². The smallest absolute Gasteiger partial charge is 0.264 e. The van der Waals surface area contributed by atoms with Crippen molar-refractivity contribution in [2.24, 2.45) is 0 Å². The first-order valence-corrected chi connectivity index (χ1v) is 25.7. The normalized spacial score (nSPS) is 14.1. The highest BCUT2D eigenvalue weighted by atomic mass is 32.2. The molecule has 68 heavy (non-hydrogen) atoms. The first kappa shape index (κ1) is 42.9. The van der Waals surface area contributed by atoms with Crippen molar-refractivity contribution in [2.45, 2.75) is 88.3 Å². The highest BCUT2D eigenvalue weighted by Crippen LogP contribution is 2.54. The van der Waals surface area contributed by atoms with E-state index in [4.69, 9.17) is 0 Å². The van der Waals surface area contributed by atoms with E-state index in [1.807, 2.05) is 23.1 Å². The van der Waals surface area contributed by atoms with Crippen LogP contribution in [0.4, 0.5) is 51.2 Å². The fraction of sp³-hybridized carbons (Fsp3) is 0.194. The molecule has 8 aromatic carbocycles. The van der Waals surface area contributed by atoms with Gasteiger partial charge in [-0.1, -0.05) is 171 Å². The molecule has 9 aromatic rings. The summed E-state index contributed by atoms with van der Waals surface area (Å²) in [6.45, 7) is 20.8. The average Bonchev–Trinajstić information content (AvgIpc) is 3.70. The molecule has 1 aromatic heterocycles. The first-order chi connectivity index (χ1) is 32.6. The lowest BCUT2D eigenvalue weighted by Crippen LogP contribution is -2.60. The highest BCUT2D eigenvalue weighted by Gasteiger charge is 2.46. The second kappa shape index (κ2) is 15.5. The number of thiophene rings is 1. The van der Waals surface area contributed by atoms with E-state index >= 15 is 0 Å². The average molecular weight is 918 g/mol. The summed E-state index contributed by atoms with van der Waals surface area (Å²) in [5.74, 6) is 0. The number of hydrogen-bond acceptors (Lipinski definition) is 5. The summed E-state index contributed by atoms with van der Waals surface area (Å²) in [6, 6.07) is 67.0.